The zero-order chi connectivity index (χ0) is 28.2. The molecule has 2 aromatic heterocycles. The molecule has 0 unspecified atom stereocenters. The number of fused-ring (bicyclic) bond motifs is 1. The molecule has 40 heavy (non-hydrogen) atoms. The van der Waals surface area contributed by atoms with E-state index in [0.717, 1.165) is 41.5 Å². The fourth-order valence-corrected chi connectivity index (χ4v) is 6.03. The second-order valence-corrected chi connectivity index (χ2v) is 11.5. The molecule has 7 nitrogen and oxygen atoms in total. The van der Waals surface area contributed by atoms with Crippen LogP contribution in [0, 0.1) is 12.1 Å². The number of hydrogen-bond donors (Lipinski definition) is 0. The van der Waals surface area contributed by atoms with Gasteiger partial charge in [-0.25, -0.2) is 13.8 Å². The Morgan fingerprint density at radius 3 is 2.52 bits per heavy atom. The van der Waals surface area contributed by atoms with Gasteiger partial charge in [-0.05, 0) is 73.0 Å². The van der Waals surface area contributed by atoms with Crippen molar-refractivity contribution in [3.05, 3.63) is 76.1 Å². The second-order valence-electron chi connectivity index (χ2n) is 11.5. The van der Waals surface area contributed by atoms with Crippen LogP contribution in [0.4, 0.5) is 17.6 Å². The van der Waals surface area contributed by atoms with E-state index in [0.29, 0.717) is 43.1 Å². The molecule has 1 aromatic carbocycles. The Hall–Kier alpha value is -3.34. The molecule has 11 heteroatoms. The summed E-state index contributed by atoms with van der Waals surface area (Å²) in [6.45, 7) is 2.66. The fourth-order valence-electron chi connectivity index (χ4n) is 6.03. The lowest BCUT2D eigenvalue weighted by molar-refractivity contribution is -0.480. The summed E-state index contributed by atoms with van der Waals surface area (Å²) in [7, 11) is 1.90. The lowest BCUT2D eigenvalue weighted by atomic mass is 9.71. The summed E-state index contributed by atoms with van der Waals surface area (Å²) >= 11 is 0. The van der Waals surface area contributed by atoms with E-state index in [1.807, 2.05) is 34.7 Å². The van der Waals surface area contributed by atoms with Crippen LogP contribution in [-0.2, 0) is 12.7 Å². The Bertz CT molecular complexity index is 1540. The normalized spacial score (nSPS) is 21.1. The van der Waals surface area contributed by atoms with Crippen molar-refractivity contribution in [3.63, 3.8) is 0 Å². The van der Waals surface area contributed by atoms with E-state index in [2.05, 4.69) is 10.2 Å². The monoisotopic (exact) mass is 556 g/mol. The van der Waals surface area contributed by atoms with Crippen LogP contribution in [-0.4, -0.2) is 50.6 Å². The molecule has 3 aromatic rings. The molecule has 1 aliphatic carbocycles. The van der Waals surface area contributed by atoms with Crippen molar-refractivity contribution in [2.45, 2.75) is 63.3 Å². The van der Waals surface area contributed by atoms with Crippen molar-refractivity contribution in [2.75, 3.05) is 20.1 Å². The van der Waals surface area contributed by atoms with E-state index in [1.54, 1.807) is 19.3 Å². The number of nitrogens with zero attached hydrogens (tertiary/aromatic N) is 6. The smallest absolute Gasteiger partial charge is 0.299 e. The highest BCUT2D eigenvalue weighted by Gasteiger charge is 2.42. The summed E-state index contributed by atoms with van der Waals surface area (Å²) in [6, 6.07) is 8.51. The first-order valence-electron chi connectivity index (χ1n) is 13.7. The average Bonchev–Trinajstić information content (AvgIpc) is 3.44. The molecule has 1 saturated carbocycles. The SMILES string of the molecule is C[N+]1=CN=N[C]1[C@@H](c1cccc(-n2cc3c(C(F)(F)F)cc(CN4CCC(C)(F)CC4)cn3c2=O)c1)C1CCC1. The molecule has 2 fully saturated rings. The zero-order valence-corrected chi connectivity index (χ0v) is 22.5. The number of likely N-dealkylation sites (N-methyl/N-ethyl adjacent to an activating group) is 1. The summed E-state index contributed by atoms with van der Waals surface area (Å²) < 4.78 is 61.1. The van der Waals surface area contributed by atoms with E-state index in [-0.39, 0.29) is 18.0 Å². The Morgan fingerprint density at radius 2 is 1.90 bits per heavy atom. The highest BCUT2D eigenvalue weighted by Crippen LogP contribution is 2.46. The van der Waals surface area contributed by atoms with Gasteiger partial charge in [0.05, 0.1) is 34.8 Å². The van der Waals surface area contributed by atoms with E-state index < -0.39 is 23.1 Å². The highest BCUT2D eigenvalue weighted by molar-refractivity contribution is 5.58. The first-order valence-corrected chi connectivity index (χ1v) is 13.7. The third-order valence-electron chi connectivity index (χ3n) is 8.59. The topological polar surface area (TPSA) is 57.4 Å². The molecule has 0 N–H and O–H groups in total. The van der Waals surface area contributed by atoms with Crippen LogP contribution in [0.5, 0.6) is 0 Å². The second kappa shape index (κ2) is 9.94. The lowest BCUT2D eigenvalue weighted by Gasteiger charge is -2.34. The van der Waals surface area contributed by atoms with E-state index in [4.69, 9.17) is 0 Å². The summed E-state index contributed by atoms with van der Waals surface area (Å²) in [5.74, 6) is 0.356. The number of alkyl halides is 4. The van der Waals surface area contributed by atoms with E-state index >= 15 is 0 Å². The molecule has 0 spiro atoms. The molecule has 211 valence electrons. The van der Waals surface area contributed by atoms with Gasteiger partial charge in [0, 0.05) is 32.0 Å². The van der Waals surface area contributed by atoms with Crippen molar-refractivity contribution in [1.82, 2.24) is 13.9 Å². The molecule has 3 aliphatic rings. The average molecular weight is 557 g/mol. The number of aromatic nitrogens is 2. The number of likely N-dealkylation sites (tertiary alicyclic amines) is 1. The maximum Gasteiger partial charge on any atom is 0.418 e. The number of pyridine rings is 1. The number of halogens is 4. The number of rotatable bonds is 6. The van der Waals surface area contributed by atoms with Crippen molar-refractivity contribution >= 4 is 11.9 Å². The minimum Gasteiger partial charge on any atom is -0.299 e. The molecule has 0 bridgehead atoms. The van der Waals surface area contributed by atoms with Crippen LogP contribution >= 0.6 is 0 Å². The van der Waals surface area contributed by atoms with Crippen LogP contribution in [0.25, 0.3) is 11.2 Å². The van der Waals surface area contributed by atoms with Crippen LogP contribution in [0.3, 0.4) is 0 Å². The molecule has 4 heterocycles. The van der Waals surface area contributed by atoms with Gasteiger partial charge < -0.3 is 0 Å². The maximum atomic E-state index is 14.2. The van der Waals surface area contributed by atoms with Gasteiger partial charge in [-0.3, -0.25) is 13.9 Å². The molecule has 0 amide bonds. The van der Waals surface area contributed by atoms with Gasteiger partial charge >= 0.3 is 24.4 Å². The molecule has 1 saturated heterocycles. The Balaban J connectivity index is 1.39. The summed E-state index contributed by atoms with van der Waals surface area (Å²) in [5.41, 5.74) is -1.10. The quantitative estimate of drug-likeness (QED) is 0.279. The Labute approximate surface area is 229 Å². The molecule has 6 rings (SSSR count). The van der Waals surface area contributed by atoms with Crippen LogP contribution in [0.1, 0.15) is 61.6 Å². The minimum atomic E-state index is -4.65. The number of hydrogen-bond acceptors (Lipinski definition) is 4. The zero-order valence-electron chi connectivity index (χ0n) is 22.5. The summed E-state index contributed by atoms with van der Waals surface area (Å²) in [5, 5.41) is 8.39. The van der Waals surface area contributed by atoms with Crippen molar-refractivity contribution < 1.29 is 22.1 Å². The van der Waals surface area contributed by atoms with E-state index in [9.17, 15) is 22.4 Å². The van der Waals surface area contributed by atoms with Crippen molar-refractivity contribution in [2.24, 2.45) is 16.1 Å². The van der Waals surface area contributed by atoms with Crippen LogP contribution in [0.2, 0.25) is 0 Å². The number of azo groups is 1. The number of piperidine rings is 1. The highest BCUT2D eigenvalue weighted by atomic mass is 19.4. The Morgan fingerprint density at radius 1 is 1.15 bits per heavy atom. The first-order chi connectivity index (χ1) is 19.0. The molecular weight excluding hydrogens is 524 g/mol. The van der Waals surface area contributed by atoms with Crippen LogP contribution < -0.4 is 5.69 Å². The largest absolute Gasteiger partial charge is 0.418 e. The standard InChI is InChI=1S/C29H32F4N6O/c1-28(30)9-11-37(12-10-28)15-19-13-23(29(31,32)33)24-17-38(27(40)39(24)16-19)22-8-4-7-21(14-22)25(20-5-3-6-20)26-35-34-18-36(26)2/h4,7-8,13-14,16-18,20,25H,3,5-6,9-12,15H2,1-2H3/q+1/t25-/m1/s1. The Kier molecular flexibility index (Phi) is 6.67. The fraction of sp³-hybridized carbons (Fsp3) is 0.483. The van der Waals surface area contributed by atoms with Gasteiger partial charge in [0.1, 0.15) is 5.67 Å². The minimum absolute atomic E-state index is 0.0259. The van der Waals surface area contributed by atoms with Gasteiger partial charge in [-0.1, -0.05) is 18.6 Å². The molecule has 1 atom stereocenters. The van der Waals surface area contributed by atoms with Gasteiger partial charge in [0.15, 0.2) is 0 Å². The summed E-state index contributed by atoms with van der Waals surface area (Å²) in [4.78, 5) is 15.5. The van der Waals surface area contributed by atoms with Crippen molar-refractivity contribution in [3.8, 4) is 5.69 Å². The molecule has 2 aliphatic heterocycles. The third kappa shape index (κ3) is 5.00. The summed E-state index contributed by atoms with van der Waals surface area (Å²) in [6.07, 6.45) is 4.47. The molecule has 1 radical (unpaired) electrons. The lowest BCUT2D eigenvalue weighted by Crippen LogP contribution is -2.39. The van der Waals surface area contributed by atoms with Crippen LogP contribution in [0.15, 0.2) is 57.7 Å². The predicted molar refractivity (Wildman–Crippen MR) is 142 cm³/mol. The molecular formula is C29H32F4N6O+. The number of benzene rings is 1. The predicted octanol–water partition coefficient (Wildman–Crippen LogP) is 5.94. The first kappa shape index (κ1) is 26.9. The van der Waals surface area contributed by atoms with E-state index in [1.165, 1.54) is 17.0 Å². The van der Waals surface area contributed by atoms with Gasteiger partial charge in [-0.2, -0.15) is 13.2 Å². The van der Waals surface area contributed by atoms with Gasteiger partial charge in [0.25, 0.3) is 0 Å². The number of imidazole rings is 1. The van der Waals surface area contributed by atoms with Crippen molar-refractivity contribution in [1.29, 1.82) is 0 Å². The van der Waals surface area contributed by atoms with Gasteiger partial charge in [-0.15, -0.1) is 0 Å². The van der Waals surface area contributed by atoms with Gasteiger partial charge in [0.2, 0.25) is 0 Å². The third-order valence-corrected chi connectivity index (χ3v) is 8.59. The maximum absolute atomic E-state index is 14.2.